The topological polar surface area (TPSA) is 119 Å². The van der Waals surface area contributed by atoms with Gasteiger partial charge in [-0.15, -0.1) is 0 Å². The molecule has 4 N–H and O–H groups in total. The number of carbonyl (C=O) groups excluding carboxylic acids is 3. The number of carbonyl (C=O) groups is 3. The van der Waals surface area contributed by atoms with E-state index in [2.05, 4.69) is 25.8 Å². The fourth-order valence-electron chi connectivity index (χ4n) is 4.09. The van der Waals surface area contributed by atoms with E-state index in [-0.39, 0.29) is 17.8 Å². The minimum Gasteiger partial charge on any atom is -0.366 e. The number of hydrogen-bond acceptors (Lipinski definition) is 6. The van der Waals surface area contributed by atoms with Gasteiger partial charge >= 0.3 is 12.2 Å². The summed E-state index contributed by atoms with van der Waals surface area (Å²) in [6.07, 6.45) is 0.662. The predicted octanol–water partition coefficient (Wildman–Crippen LogP) is 1.73. The number of nitrogens with one attached hydrogen (secondary N) is 4. The van der Waals surface area contributed by atoms with Crippen molar-refractivity contribution in [3.63, 3.8) is 0 Å². The second-order valence-corrected chi connectivity index (χ2v) is 8.29. The molecular formula is C21H24F3N7O3. The fourth-order valence-corrected chi connectivity index (χ4v) is 4.09. The van der Waals surface area contributed by atoms with Gasteiger partial charge in [-0.25, -0.2) is 9.78 Å². The van der Waals surface area contributed by atoms with Crippen LogP contribution in [0.2, 0.25) is 0 Å². The van der Waals surface area contributed by atoms with Gasteiger partial charge in [-0.2, -0.15) is 13.2 Å². The summed E-state index contributed by atoms with van der Waals surface area (Å²) in [6, 6.07) is -0.739. The lowest BCUT2D eigenvalue weighted by molar-refractivity contribution is -0.158. The highest BCUT2D eigenvalue weighted by atomic mass is 19.4. The van der Waals surface area contributed by atoms with E-state index in [4.69, 9.17) is 0 Å². The first-order valence-electron chi connectivity index (χ1n) is 10.7. The molecule has 2 bridgehead atoms. The lowest BCUT2D eigenvalue weighted by Gasteiger charge is -2.41. The van der Waals surface area contributed by atoms with Crippen LogP contribution in [0.4, 0.5) is 29.5 Å². The number of nitrogens with zero attached hydrogens (tertiary/aromatic N) is 3. The number of aromatic nitrogens is 1. The van der Waals surface area contributed by atoms with E-state index in [0.29, 0.717) is 36.7 Å². The van der Waals surface area contributed by atoms with Gasteiger partial charge in [0.05, 0.1) is 11.7 Å². The number of halogens is 3. The zero-order valence-corrected chi connectivity index (χ0v) is 18.4. The standard InChI is InChI=1S/C21H24F3N7O3/c1-11(21(22,23)24)26-19(33)15-3-4-16-18(28-15)31(14-6-8-30(16)10-14)20(34)29-17-9-13(5-7-25-17)27-12(2)32/h3-5,7,9,11,14-15,28H,6,8,10H2,1-2H3,(H,26,33)(H2,25,27,29,32,34)/t11-,14+,15?/m1/s1. The summed E-state index contributed by atoms with van der Waals surface area (Å²) in [5.41, 5.74) is 1.13. The maximum absolute atomic E-state index is 13.3. The summed E-state index contributed by atoms with van der Waals surface area (Å²) >= 11 is 0. The van der Waals surface area contributed by atoms with E-state index in [1.807, 2.05) is 5.32 Å². The van der Waals surface area contributed by atoms with Crippen LogP contribution >= 0.6 is 0 Å². The summed E-state index contributed by atoms with van der Waals surface area (Å²) < 4.78 is 38.6. The lowest BCUT2D eigenvalue weighted by Crippen LogP contribution is -2.57. The van der Waals surface area contributed by atoms with E-state index in [1.165, 1.54) is 30.2 Å². The van der Waals surface area contributed by atoms with Crippen molar-refractivity contribution in [2.24, 2.45) is 0 Å². The molecule has 1 fully saturated rings. The molecule has 3 atom stereocenters. The van der Waals surface area contributed by atoms with Crippen LogP contribution in [0, 0.1) is 0 Å². The Morgan fingerprint density at radius 2 is 2.03 bits per heavy atom. The minimum atomic E-state index is -4.57. The molecule has 13 heteroatoms. The summed E-state index contributed by atoms with van der Waals surface area (Å²) in [6.45, 7) is 3.50. The lowest BCUT2D eigenvalue weighted by atomic mass is 10.1. The predicted molar refractivity (Wildman–Crippen MR) is 116 cm³/mol. The van der Waals surface area contributed by atoms with Gasteiger partial charge in [-0.3, -0.25) is 19.8 Å². The van der Waals surface area contributed by atoms with E-state index < -0.39 is 30.2 Å². The molecule has 1 saturated heterocycles. The number of pyridine rings is 1. The van der Waals surface area contributed by atoms with Gasteiger partial charge in [0, 0.05) is 38.0 Å². The second-order valence-electron chi connectivity index (χ2n) is 8.29. The Bertz CT molecular complexity index is 1070. The maximum Gasteiger partial charge on any atom is 0.408 e. The van der Waals surface area contributed by atoms with E-state index in [1.54, 1.807) is 12.1 Å². The normalized spacial score (nSPS) is 22.0. The third-order valence-electron chi connectivity index (χ3n) is 5.76. The van der Waals surface area contributed by atoms with Crippen LogP contribution < -0.4 is 21.3 Å². The highest BCUT2D eigenvalue weighted by Gasteiger charge is 2.43. The monoisotopic (exact) mass is 479 g/mol. The molecular weight excluding hydrogens is 455 g/mol. The van der Waals surface area contributed by atoms with Crippen LogP contribution in [0.5, 0.6) is 0 Å². The molecule has 0 saturated carbocycles. The van der Waals surface area contributed by atoms with Crippen molar-refractivity contribution in [3.05, 3.63) is 42.0 Å². The van der Waals surface area contributed by atoms with Crippen LogP contribution in [-0.2, 0) is 9.59 Å². The fraction of sp³-hybridized carbons (Fsp3) is 0.429. The minimum absolute atomic E-state index is 0.200. The maximum atomic E-state index is 13.3. The van der Waals surface area contributed by atoms with Crippen molar-refractivity contribution in [1.82, 2.24) is 25.4 Å². The number of dihydropyridines is 1. The quantitative estimate of drug-likeness (QED) is 0.523. The number of amides is 4. The number of fused-ring (bicyclic) bond motifs is 3. The number of allylic oxidation sites excluding steroid dienone is 1. The Hall–Kier alpha value is -3.77. The average Bonchev–Trinajstić information content (AvgIpc) is 3.16. The van der Waals surface area contributed by atoms with Gasteiger partial charge in [-0.1, -0.05) is 6.08 Å². The van der Waals surface area contributed by atoms with E-state index in [9.17, 15) is 27.6 Å². The van der Waals surface area contributed by atoms with Crippen LogP contribution in [0.25, 0.3) is 0 Å². The van der Waals surface area contributed by atoms with Crippen LogP contribution in [-0.4, -0.2) is 70.0 Å². The molecule has 182 valence electrons. The first kappa shape index (κ1) is 23.4. The SMILES string of the molecule is CC(=O)Nc1ccnc(NC(=O)N2C3=C(C=CC(C(=O)N[C@H](C)C(F)(F)F)N3)N3CC[C@H]2C3)c1. The number of hydrogen-bond donors (Lipinski definition) is 4. The van der Waals surface area contributed by atoms with Gasteiger partial charge in [0.2, 0.25) is 11.8 Å². The Kier molecular flexibility index (Phi) is 6.11. The Balaban J connectivity index is 1.53. The summed E-state index contributed by atoms with van der Waals surface area (Å²) in [5, 5.41) is 10.2. The second kappa shape index (κ2) is 8.88. The van der Waals surface area contributed by atoms with Gasteiger partial charge in [0.25, 0.3) is 0 Å². The third-order valence-corrected chi connectivity index (χ3v) is 5.76. The van der Waals surface area contributed by atoms with Crippen molar-refractivity contribution in [3.8, 4) is 0 Å². The molecule has 4 heterocycles. The van der Waals surface area contributed by atoms with Crippen molar-refractivity contribution >= 4 is 29.4 Å². The van der Waals surface area contributed by atoms with Crippen LogP contribution in [0.1, 0.15) is 20.3 Å². The smallest absolute Gasteiger partial charge is 0.366 e. The van der Waals surface area contributed by atoms with Crippen molar-refractivity contribution in [2.45, 2.75) is 44.6 Å². The highest BCUT2D eigenvalue weighted by Crippen LogP contribution is 2.33. The zero-order valence-electron chi connectivity index (χ0n) is 18.4. The summed E-state index contributed by atoms with van der Waals surface area (Å²) in [7, 11) is 0. The van der Waals surface area contributed by atoms with Crippen molar-refractivity contribution in [2.75, 3.05) is 23.7 Å². The number of urea groups is 1. The van der Waals surface area contributed by atoms with Crippen LogP contribution in [0.15, 0.2) is 42.0 Å². The number of rotatable bonds is 4. The van der Waals surface area contributed by atoms with Gasteiger partial charge in [-0.05, 0) is 25.5 Å². The van der Waals surface area contributed by atoms with E-state index in [0.717, 1.165) is 6.92 Å². The molecule has 0 aliphatic carbocycles. The molecule has 4 amide bonds. The molecule has 1 aromatic rings. The van der Waals surface area contributed by atoms with Gasteiger partial charge in [0.1, 0.15) is 23.7 Å². The summed E-state index contributed by atoms with van der Waals surface area (Å²) in [4.78, 5) is 44.7. The molecule has 4 rings (SSSR count). The third kappa shape index (κ3) is 4.77. The molecule has 34 heavy (non-hydrogen) atoms. The first-order valence-corrected chi connectivity index (χ1v) is 10.7. The molecule has 3 aliphatic rings. The molecule has 1 aromatic heterocycles. The summed E-state index contributed by atoms with van der Waals surface area (Å²) in [5.74, 6) is -0.585. The van der Waals surface area contributed by atoms with Crippen molar-refractivity contribution in [1.29, 1.82) is 0 Å². The molecule has 1 unspecified atom stereocenters. The Morgan fingerprint density at radius 1 is 1.26 bits per heavy atom. The Labute approximate surface area is 193 Å². The van der Waals surface area contributed by atoms with E-state index >= 15 is 0 Å². The molecule has 3 aliphatic heterocycles. The Morgan fingerprint density at radius 3 is 2.74 bits per heavy atom. The molecule has 10 nitrogen and oxygen atoms in total. The largest absolute Gasteiger partial charge is 0.408 e. The number of alkyl halides is 3. The average molecular weight is 479 g/mol. The van der Waals surface area contributed by atoms with Crippen molar-refractivity contribution < 1.29 is 27.6 Å². The molecule has 0 spiro atoms. The highest BCUT2D eigenvalue weighted by molar-refractivity contribution is 5.93. The molecule has 0 aromatic carbocycles. The molecule has 0 radical (unpaired) electrons. The first-order chi connectivity index (χ1) is 16.0. The van der Waals surface area contributed by atoms with Crippen LogP contribution in [0.3, 0.4) is 0 Å². The zero-order chi connectivity index (χ0) is 24.6. The number of anilines is 2. The van der Waals surface area contributed by atoms with Gasteiger partial charge < -0.3 is 20.9 Å². The van der Waals surface area contributed by atoms with Gasteiger partial charge in [0.15, 0.2) is 0 Å².